The van der Waals surface area contributed by atoms with Gasteiger partial charge in [0.2, 0.25) is 0 Å². The lowest BCUT2D eigenvalue weighted by atomic mass is 10.0. The molecule has 112 valence electrons. The van der Waals surface area contributed by atoms with Crippen LogP contribution in [0.4, 0.5) is 0 Å². The molecule has 1 saturated heterocycles. The van der Waals surface area contributed by atoms with Crippen molar-refractivity contribution in [3.63, 3.8) is 0 Å². The maximum absolute atomic E-state index is 5.52. The van der Waals surface area contributed by atoms with Crippen LogP contribution in [0.3, 0.4) is 0 Å². The molecule has 20 heavy (non-hydrogen) atoms. The average Bonchev–Trinajstić information content (AvgIpc) is 2.95. The quantitative estimate of drug-likeness (QED) is 0.718. The van der Waals surface area contributed by atoms with E-state index in [-0.39, 0.29) is 0 Å². The van der Waals surface area contributed by atoms with Crippen molar-refractivity contribution in [2.24, 2.45) is 0 Å². The molecule has 0 saturated carbocycles. The highest BCUT2D eigenvalue weighted by molar-refractivity contribution is 5.42. The van der Waals surface area contributed by atoms with Gasteiger partial charge in [0.05, 0.1) is 20.8 Å². The molecule has 1 unspecified atom stereocenters. The van der Waals surface area contributed by atoms with E-state index in [2.05, 4.69) is 11.0 Å². The smallest absolute Gasteiger partial charge is 0.123 e. The van der Waals surface area contributed by atoms with E-state index in [1.54, 1.807) is 14.2 Å². The van der Waals surface area contributed by atoms with E-state index in [4.69, 9.17) is 14.2 Å². The number of hydrogen-bond donors (Lipinski definition) is 0. The lowest BCUT2D eigenvalue weighted by molar-refractivity contribution is 0.108. The molecule has 1 aliphatic heterocycles. The minimum atomic E-state index is 0.403. The summed E-state index contributed by atoms with van der Waals surface area (Å²) in [5.41, 5.74) is 1.22. The molecular weight excluding hydrogens is 254 g/mol. The van der Waals surface area contributed by atoms with Crippen LogP contribution in [0.15, 0.2) is 18.2 Å². The monoisotopic (exact) mass is 279 g/mol. The largest absolute Gasteiger partial charge is 0.497 e. The van der Waals surface area contributed by atoms with Crippen LogP contribution >= 0.6 is 0 Å². The second-order valence-corrected chi connectivity index (χ2v) is 5.00. The van der Waals surface area contributed by atoms with Crippen LogP contribution in [0.25, 0.3) is 0 Å². The van der Waals surface area contributed by atoms with E-state index in [1.165, 1.54) is 12.0 Å². The van der Waals surface area contributed by atoms with Gasteiger partial charge in [-0.2, -0.15) is 0 Å². The van der Waals surface area contributed by atoms with Crippen molar-refractivity contribution in [1.29, 1.82) is 0 Å². The Bertz CT molecular complexity index is 422. The Morgan fingerprint density at radius 2 is 2.10 bits per heavy atom. The average molecular weight is 279 g/mol. The molecule has 4 nitrogen and oxygen atoms in total. The Morgan fingerprint density at radius 1 is 1.25 bits per heavy atom. The lowest BCUT2D eigenvalue weighted by Gasteiger charge is -2.26. The first-order chi connectivity index (χ1) is 9.80. The fourth-order valence-electron chi connectivity index (χ4n) is 2.87. The van der Waals surface area contributed by atoms with Gasteiger partial charge in [0.25, 0.3) is 0 Å². The Morgan fingerprint density at radius 3 is 2.80 bits per heavy atom. The van der Waals surface area contributed by atoms with Crippen molar-refractivity contribution in [2.75, 3.05) is 40.5 Å². The topological polar surface area (TPSA) is 30.9 Å². The maximum Gasteiger partial charge on any atom is 0.123 e. The van der Waals surface area contributed by atoms with Gasteiger partial charge in [-0.1, -0.05) is 0 Å². The van der Waals surface area contributed by atoms with E-state index in [0.717, 1.165) is 44.2 Å². The van der Waals surface area contributed by atoms with Gasteiger partial charge in [0, 0.05) is 24.8 Å². The molecule has 1 aliphatic rings. The molecule has 1 fully saturated rings. The van der Waals surface area contributed by atoms with E-state index in [9.17, 15) is 0 Å². The Kier molecular flexibility index (Phi) is 5.68. The van der Waals surface area contributed by atoms with Crippen molar-refractivity contribution < 1.29 is 14.2 Å². The number of ether oxygens (including phenoxy) is 3. The predicted octanol–water partition coefficient (Wildman–Crippen LogP) is 2.88. The Hall–Kier alpha value is -1.26. The Balaban J connectivity index is 2.15. The van der Waals surface area contributed by atoms with E-state index in [0.29, 0.717) is 6.04 Å². The SMILES string of the molecule is CCOCCN1CCCC1c1cc(OC)ccc1OC. The van der Waals surface area contributed by atoms with Crippen molar-refractivity contribution in [1.82, 2.24) is 4.90 Å². The summed E-state index contributed by atoms with van der Waals surface area (Å²) in [4.78, 5) is 2.48. The van der Waals surface area contributed by atoms with Crippen LogP contribution < -0.4 is 9.47 Å². The van der Waals surface area contributed by atoms with Crippen molar-refractivity contribution >= 4 is 0 Å². The number of benzene rings is 1. The van der Waals surface area contributed by atoms with Gasteiger partial charge in [-0.05, 0) is 44.5 Å². The molecule has 0 aromatic heterocycles. The molecule has 1 aromatic rings. The fourth-order valence-corrected chi connectivity index (χ4v) is 2.87. The molecule has 0 radical (unpaired) electrons. The molecule has 0 bridgehead atoms. The normalized spacial score (nSPS) is 19.2. The zero-order valence-electron chi connectivity index (χ0n) is 12.7. The van der Waals surface area contributed by atoms with Crippen molar-refractivity contribution in [3.8, 4) is 11.5 Å². The van der Waals surface area contributed by atoms with Gasteiger partial charge < -0.3 is 14.2 Å². The van der Waals surface area contributed by atoms with Crippen molar-refractivity contribution in [2.45, 2.75) is 25.8 Å². The third-order valence-electron chi connectivity index (χ3n) is 3.89. The summed E-state index contributed by atoms with van der Waals surface area (Å²) in [6, 6.07) is 6.44. The molecule has 0 amide bonds. The van der Waals surface area contributed by atoms with Crippen LogP contribution in [-0.4, -0.2) is 45.4 Å². The summed E-state index contributed by atoms with van der Waals surface area (Å²) in [7, 11) is 3.43. The van der Waals surface area contributed by atoms with Crippen LogP contribution in [0, 0.1) is 0 Å². The summed E-state index contributed by atoms with van der Waals surface area (Å²) in [5.74, 6) is 1.83. The molecular formula is C16H25NO3. The fraction of sp³-hybridized carbons (Fsp3) is 0.625. The van der Waals surface area contributed by atoms with Crippen LogP contribution in [0.1, 0.15) is 31.4 Å². The first-order valence-electron chi connectivity index (χ1n) is 7.33. The molecule has 0 aliphatic carbocycles. The summed E-state index contributed by atoms with van der Waals surface area (Å²) < 4.78 is 16.4. The number of methoxy groups -OCH3 is 2. The van der Waals surface area contributed by atoms with E-state index < -0.39 is 0 Å². The highest BCUT2D eigenvalue weighted by atomic mass is 16.5. The van der Waals surface area contributed by atoms with Gasteiger partial charge >= 0.3 is 0 Å². The first kappa shape index (κ1) is 15.1. The van der Waals surface area contributed by atoms with Gasteiger partial charge in [0.15, 0.2) is 0 Å². The van der Waals surface area contributed by atoms with Crippen LogP contribution in [0.2, 0.25) is 0 Å². The van der Waals surface area contributed by atoms with E-state index >= 15 is 0 Å². The third kappa shape index (κ3) is 3.44. The van der Waals surface area contributed by atoms with E-state index in [1.807, 2.05) is 19.1 Å². The molecule has 1 aromatic carbocycles. The van der Waals surface area contributed by atoms with Gasteiger partial charge in [-0.3, -0.25) is 4.90 Å². The maximum atomic E-state index is 5.52. The van der Waals surface area contributed by atoms with Gasteiger partial charge in [0.1, 0.15) is 11.5 Å². The molecule has 1 atom stereocenters. The number of nitrogens with zero attached hydrogens (tertiary/aromatic N) is 1. The predicted molar refractivity (Wildman–Crippen MR) is 79.6 cm³/mol. The molecule has 1 heterocycles. The second kappa shape index (κ2) is 7.50. The van der Waals surface area contributed by atoms with Gasteiger partial charge in [-0.15, -0.1) is 0 Å². The van der Waals surface area contributed by atoms with Gasteiger partial charge in [-0.25, -0.2) is 0 Å². The zero-order valence-corrected chi connectivity index (χ0v) is 12.7. The second-order valence-electron chi connectivity index (χ2n) is 5.00. The minimum Gasteiger partial charge on any atom is -0.497 e. The summed E-state index contributed by atoms with van der Waals surface area (Å²) in [5, 5.41) is 0. The molecule has 0 spiro atoms. The number of hydrogen-bond acceptors (Lipinski definition) is 4. The molecule has 4 heteroatoms. The summed E-state index contributed by atoms with van der Waals surface area (Å²) in [6.45, 7) is 5.70. The minimum absolute atomic E-state index is 0.403. The lowest BCUT2D eigenvalue weighted by Crippen LogP contribution is -2.27. The zero-order chi connectivity index (χ0) is 14.4. The van der Waals surface area contributed by atoms with Crippen molar-refractivity contribution in [3.05, 3.63) is 23.8 Å². The van der Waals surface area contributed by atoms with Crippen LogP contribution in [-0.2, 0) is 4.74 Å². The summed E-state index contributed by atoms with van der Waals surface area (Å²) >= 11 is 0. The number of likely N-dealkylation sites (tertiary alicyclic amines) is 1. The Labute approximate surface area is 121 Å². The number of rotatable bonds is 7. The highest BCUT2D eigenvalue weighted by Crippen LogP contribution is 2.38. The highest BCUT2D eigenvalue weighted by Gasteiger charge is 2.28. The first-order valence-corrected chi connectivity index (χ1v) is 7.33. The van der Waals surface area contributed by atoms with Crippen LogP contribution in [0.5, 0.6) is 11.5 Å². The summed E-state index contributed by atoms with van der Waals surface area (Å²) in [6.07, 6.45) is 2.38. The third-order valence-corrected chi connectivity index (χ3v) is 3.89. The molecule has 0 N–H and O–H groups in total. The standard InChI is InChI=1S/C16H25NO3/c1-4-20-11-10-17-9-5-6-15(17)14-12-13(18-2)7-8-16(14)19-3/h7-8,12,15H,4-6,9-11H2,1-3H3. The molecule has 2 rings (SSSR count).